The zero-order valence-electron chi connectivity index (χ0n) is 17.9. The van der Waals surface area contributed by atoms with E-state index in [9.17, 15) is 0 Å². The number of aromatic nitrogens is 1. The van der Waals surface area contributed by atoms with Crippen molar-refractivity contribution in [2.45, 2.75) is 12.6 Å². The van der Waals surface area contributed by atoms with Gasteiger partial charge in [0, 0.05) is 45.5 Å². The summed E-state index contributed by atoms with van der Waals surface area (Å²) in [5.74, 6) is 2.21. The van der Waals surface area contributed by atoms with E-state index in [0.717, 1.165) is 50.1 Å². The maximum absolute atomic E-state index is 5.54. The van der Waals surface area contributed by atoms with Crippen molar-refractivity contribution < 1.29 is 14.2 Å². The van der Waals surface area contributed by atoms with Crippen molar-refractivity contribution in [3.63, 3.8) is 0 Å². The van der Waals surface area contributed by atoms with Crippen LogP contribution >= 0.6 is 0 Å². The number of nitrogens with zero attached hydrogens (tertiary/aromatic N) is 3. The van der Waals surface area contributed by atoms with Gasteiger partial charge in [0.05, 0.1) is 33.5 Å². The van der Waals surface area contributed by atoms with E-state index in [-0.39, 0.29) is 6.04 Å². The molecule has 8 nitrogen and oxygen atoms in total. The number of methoxy groups -OCH3 is 2. The zero-order chi connectivity index (χ0) is 21.2. The van der Waals surface area contributed by atoms with Crippen molar-refractivity contribution in [3.8, 4) is 11.6 Å². The number of hydrogen-bond acceptors (Lipinski definition) is 6. The van der Waals surface area contributed by atoms with Crippen LogP contribution in [0.1, 0.15) is 17.2 Å². The molecule has 1 atom stereocenters. The first kappa shape index (κ1) is 21.9. The maximum Gasteiger partial charge on any atom is 0.212 e. The monoisotopic (exact) mass is 413 g/mol. The lowest BCUT2D eigenvalue weighted by molar-refractivity contribution is 0.0170. The Morgan fingerprint density at radius 3 is 2.47 bits per heavy atom. The minimum Gasteiger partial charge on any atom is -0.497 e. The van der Waals surface area contributed by atoms with Crippen molar-refractivity contribution in [1.29, 1.82) is 0 Å². The summed E-state index contributed by atoms with van der Waals surface area (Å²) in [5.41, 5.74) is 2.29. The predicted octanol–water partition coefficient (Wildman–Crippen LogP) is 1.84. The van der Waals surface area contributed by atoms with Gasteiger partial charge < -0.3 is 24.8 Å². The summed E-state index contributed by atoms with van der Waals surface area (Å²) in [4.78, 5) is 11.0. The summed E-state index contributed by atoms with van der Waals surface area (Å²) < 4.78 is 16.0. The number of morpholine rings is 1. The Labute approximate surface area is 178 Å². The molecule has 0 spiro atoms. The standard InChI is InChI=1S/C22H31N5O3/c1-23-22(25-15-17-4-9-21(29-3)24-14-17)26-16-20(27-10-12-30-13-11-27)18-5-7-19(28-2)8-6-18/h4-9,14,20H,10-13,15-16H2,1-3H3,(H2,23,25,26). The molecular formula is C22H31N5O3. The van der Waals surface area contributed by atoms with Gasteiger partial charge in [0.15, 0.2) is 5.96 Å². The minimum absolute atomic E-state index is 0.209. The number of aliphatic imine (C=N–C) groups is 1. The van der Waals surface area contributed by atoms with Crippen molar-refractivity contribution in [1.82, 2.24) is 20.5 Å². The number of ether oxygens (including phenoxy) is 3. The Balaban J connectivity index is 1.61. The van der Waals surface area contributed by atoms with Crippen LogP contribution in [0, 0.1) is 0 Å². The van der Waals surface area contributed by atoms with Crippen LogP contribution < -0.4 is 20.1 Å². The van der Waals surface area contributed by atoms with Gasteiger partial charge in [-0.15, -0.1) is 0 Å². The van der Waals surface area contributed by atoms with Gasteiger partial charge in [-0.2, -0.15) is 0 Å². The number of rotatable bonds is 8. The van der Waals surface area contributed by atoms with Gasteiger partial charge in [-0.05, 0) is 23.3 Å². The van der Waals surface area contributed by atoms with E-state index >= 15 is 0 Å². The highest BCUT2D eigenvalue weighted by molar-refractivity contribution is 5.79. The summed E-state index contributed by atoms with van der Waals surface area (Å²) in [6.07, 6.45) is 1.80. The van der Waals surface area contributed by atoms with Gasteiger partial charge in [0.1, 0.15) is 5.75 Å². The Morgan fingerprint density at radius 2 is 1.87 bits per heavy atom. The van der Waals surface area contributed by atoms with Crippen LogP contribution in [-0.4, -0.2) is 70.0 Å². The predicted molar refractivity (Wildman–Crippen MR) is 117 cm³/mol. The molecule has 2 N–H and O–H groups in total. The van der Waals surface area contributed by atoms with Crippen LogP contribution in [0.2, 0.25) is 0 Å². The highest BCUT2D eigenvalue weighted by Crippen LogP contribution is 2.23. The van der Waals surface area contributed by atoms with E-state index in [4.69, 9.17) is 14.2 Å². The molecule has 3 rings (SSSR count). The molecule has 0 aliphatic carbocycles. The highest BCUT2D eigenvalue weighted by atomic mass is 16.5. The van der Waals surface area contributed by atoms with Crippen LogP contribution in [0.15, 0.2) is 47.6 Å². The molecule has 0 radical (unpaired) electrons. The molecule has 2 heterocycles. The van der Waals surface area contributed by atoms with Crippen molar-refractivity contribution in [3.05, 3.63) is 53.7 Å². The molecule has 0 bridgehead atoms. The molecule has 0 amide bonds. The lowest BCUT2D eigenvalue weighted by Gasteiger charge is -2.35. The van der Waals surface area contributed by atoms with E-state index in [1.165, 1.54) is 5.56 Å². The van der Waals surface area contributed by atoms with Gasteiger partial charge in [-0.3, -0.25) is 9.89 Å². The molecule has 1 aromatic carbocycles. The minimum atomic E-state index is 0.209. The fourth-order valence-electron chi connectivity index (χ4n) is 3.41. The molecule has 1 aliphatic rings. The molecule has 30 heavy (non-hydrogen) atoms. The first-order valence-electron chi connectivity index (χ1n) is 10.1. The van der Waals surface area contributed by atoms with Crippen LogP contribution in [0.3, 0.4) is 0 Å². The molecule has 1 unspecified atom stereocenters. The smallest absolute Gasteiger partial charge is 0.212 e. The SMILES string of the molecule is CN=C(NCc1ccc(OC)nc1)NCC(c1ccc(OC)cc1)N1CCOCC1. The van der Waals surface area contributed by atoms with Crippen molar-refractivity contribution in [2.24, 2.45) is 4.99 Å². The maximum atomic E-state index is 5.54. The molecular weight excluding hydrogens is 382 g/mol. The third-order valence-corrected chi connectivity index (χ3v) is 5.14. The lowest BCUT2D eigenvalue weighted by atomic mass is 10.0. The summed E-state index contributed by atoms with van der Waals surface area (Å²) >= 11 is 0. The fraction of sp³-hybridized carbons (Fsp3) is 0.455. The van der Waals surface area contributed by atoms with Gasteiger partial charge in [0.25, 0.3) is 0 Å². The largest absolute Gasteiger partial charge is 0.497 e. The topological polar surface area (TPSA) is 80.2 Å². The van der Waals surface area contributed by atoms with Crippen molar-refractivity contribution in [2.75, 3.05) is 54.1 Å². The number of nitrogens with one attached hydrogen (secondary N) is 2. The second-order valence-corrected chi connectivity index (χ2v) is 6.95. The van der Waals surface area contributed by atoms with Gasteiger partial charge in [0.2, 0.25) is 5.88 Å². The third kappa shape index (κ3) is 6.08. The number of guanidine groups is 1. The Hall–Kier alpha value is -2.84. The van der Waals surface area contributed by atoms with E-state index in [0.29, 0.717) is 12.4 Å². The molecule has 1 aromatic heterocycles. The van der Waals surface area contributed by atoms with Crippen LogP contribution in [0.25, 0.3) is 0 Å². The first-order chi connectivity index (χ1) is 14.7. The van der Waals surface area contributed by atoms with Crippen LogP contribution in [0.5, 0.6) is 11.6 Å². The van der Waals surface area contributed by atoms with E-state index in [1.807, 2.05) is 24.3 Å². The van der Waals surface area contributed by atoms with Crippen LogP contribution in [-0.2, 0) is 11.3 Å². The highest BCUT2D eigenvalue weighted by Gasteiger charge is 2.23. The first-order valence-corrected chi connectivity index (χ1v) is 10.1. The molecule has 162 valence electrons. The number of pyridine rings is 1. The lowest BCUT2D eigenvalue weighted by Crippen LogP contribution is -2.46. The average molecular weight is 414 g/mol. The summed E-state index contributed by atoms with van der Waals surface area (Å²) in [6, 6.07) is 12.3. The van der Waals surface area contributed by atoms with Crippen LogP contribution in [0.4, 0.5) is 0 Å². The molecule has 8 heteroatoms. The van der Waals surface area contributed by atoms with E-state index in [2.05, 4.69) is 37.6 Å². The number of hydrogen-bond donors (Lipinski definition) is 2. The normalized spacial score (nSPS) is 16.0. The Bertz CT molecular complexity index is 789. The summed E-state index contributed by atoms with van der Waals surface area (Å²) in [5, 5.41) is 6.81. The zero-order valence-corrected chi connectivity index (χ0v) is 17.9. The second-order valence-electron chi connectivity index (χ2n) is 6.95. The van der Waals surface area contributed by atoms with E-state index < -0.39 is 0 Å². The van der Waals surface area contributed by atoms with Gasteiger partial charge in [-0.1, -0.05) is 18.2 Å². The van der Waals surface area contributed by atoms with Gasteiger partial charge in [-0.25, -0.2) is 4.98 Å². The Kier molecular flexibility index (Phi) is 8.29. The average Bonchev–Trinajstić information content (AvgIpc) is 2.82. The van der Waals surface area contributed by atoms with Gasteiger partial charge >= 0.3 is 0 Å². The number of benzene rings is 1. The molecule has 2 aromatic rings. The quantitative estimate of drug-likeness (QED) is 0.505. The Morgan fingerprint density at radius 1 is 1.10 bits per heavy atom. The molecule has 0 saturated carbocycles. The van der Waals surface area contributed by atoms with E-state index in [1.54, 1.807) is 27.5 Å². The third-order valence-electron chi connectivity index (χ3n) is 5.14. The summed E-state index contributed by atoms with van der Waals surface area (Å²) in [7, 11) is 5.07. The molecule has 1 aliphatic heterocycles. The molecule has 1 saturated heterocycles. The fourth-order valence-corrected chi connectivity index (χ4v) is 3.41. The molecule has 1 fully saturated rings. The summed E-state index contributed by atoms with van der Waals surface area (Å²) in [6.45, 7) is 4.67. The second kappa shape index (κ2) is 11.4. The van der Waals surface area contributed by atoms with Crippen molar-refractivity contribution >= 4 is 5.96 Å².